The maximum Gasteiger partial charge on any atom is 0.160 e. The summed E-state index contributed by atoms with van der Waals surface area (Å²) in [6.45, 7) is 9.06. The molecule has 5 heteroatoms. The number of hydrogen-bond acceptors (Lipinski definition) is 3. The molecule has 0 spiro atoms. The van der Waals surface area contributed by atoms with E-state index in [4.69, 9.17) is 9.97 Å². The van der Waals surface area contributed by atoms with Gasteiger partial charge in [0.25, 0.3) is 0 Å². The molecule has 0 saturated heterocycles. The third-order valence-electron chi connectivity index (χ3n) is 5.30. The third-order valence-corrected chi connectivity index (χ3v) is 5.30. The highest BCUT2D eigenvalue weighted by Gasteiger charge is 2.14. The number of nitrogens with zero attached hydrogens (tertiary/aromatic N) is 5. The Hall–Kier alpha value is -3.39. The topological polar surface area (TPSA) is 59.4 Å². The van der Waals surface area contributed by atoms with Gasteiger partial charge in [0.1, 0.15) is 23.1 Å². The van der Waals surface area contributed by atoms with Crippen molar-refractivity contribution in [2.45, 2.75) is 47.1 Å². The third kappa shape index (κ3) is 3.42. The molecular weight excluding hydrogens is 358 g/mol. The second-order valence-corrected chi connectivity index (χ2v) is 7.59. The van der Waals surface area contributed by atoms with Crippen molar-refractivity contribution < 1.29 is 0 Å². The van der Waals surface area contributed by atoms with Crippen molar-refractivity contribution in [2.75, 3.05) is 0 Å². The lowest BCUT2D eigenvalue weighted by molar-refractivity contribution is 0.716. The molecule has 4 aromatic rings. The zero-order chi connectivity index (χ0) is 20.5. The summed E-state index contributed by atoms with van der Waals surface area (Å²) < 4.78 is 4.22. The maximum atomic E-state index is 9.36. The summed E-state index contributed by atoms with van der Waals surface area (Å²) in [4.78, 5) is 9.68. The summed E-state index contributed by atoms with van der Waals surface area (Å²) in [6.07, 6.45) is 1.98. The first-order valence-electron chi connectivity index (χ1n) is 10.0. The molecular formula is C24H25N5. The number of aromatic nitrogens is 4. The van der Waals surface area contributed by atoms with E-state index in [0.717, 1.165) is 53.4 Å². The monoisotopic (exact) mass is 383 g/mol. The van der Waals surface area contributed by atoms with Gasteiger partial charge in [0.2, 0.25) is 0 Å². The maximum absolute atomic E-state index is 9.36. The summed E-state index contributed by atoms with van der Waals surface area (Å²) >= 11 is 0. The van der Waals surface area contributed by atoms with Gasteiger partial charge in [-0.25, -0.2) is 9.97 Å². The predicted molar refractivity (Wildman–Crippen MR) is 115 cm³/mol. The predicted octanol–water partition coefficient (Wildman–Crippen LogP) is 5.02. The van der Waals surface area contributed by atoms with Gasteiger partial charge < -0.3 is 9.13 Å². The van der Waals surface area contributed by atoms with Crippen LogP contribution in [0.15, 0.2) is 42.5 Å². The highest BCUT2D eigenvalue weighted by molar-refractivity contribution is 5.76. The van der Waals surface area contributed by atoms with E-state index in [1.807, 2.05) is 30.5 Å². The first kappa shape index (κ1) is 18.9. The Balaban J connectivity index is 1.73. The fourth-order valence-corrected chi connectivity index (χ4v) is 3.93. The molecule has 4 rings (SSSR count). The van der Waals surface area contributed by atoms with Gasteiger partial charge in [-0.2, -0.15) is 5.26 Å². The van der Waals surface area contributed by atoms with Crippen LogP contribution in [0.2, 0.25) is 0 Å². The van der Waals surface area contributed by atoms with Gasteiger partial charge in [0, 0.05) is 23.5 Å². The highest BCUT2D eigenvalue weighted by Crippen LogP contribution is 2.22. The van der Waals surface area contributed by atoms with Crippen LogP contribution in [0.1, 0.15) is 47.4 Å². The minimum atomic E-state index is 0.649. The van der Waals surface area contributed by atoms with Crippen molar-refractivity contribution in [2.24, 2.45) is 0 Å². The summed E-state index contributed by atoms with van der Waals surface area (Å²) in [5.41, 5.74) is 8.04. The van der Waals surface area contributed by atoms with Crippen LogP contribution < -0.4 is 0 Å². The van der Waals surface area contributed by atoms with E-state index in [9.17, 15) is 5.26 Å². The molecule has 0 radical (unpaired) electrons. The lowest BCUT2D eigenvalue weighted by Gasteiger charge is -2.11. The highest BCUT2D eigenvalue weighted by atomic mass is 15.1. The smallest absolute Gasteiger partial charge is 0.160 e. The van der Waals surface area contributed by atoms with Crippen LogP contribution in [-0.2, 0) is 13.0 Å². The Morgan fingerprint density at radius 3 is 2.45 bits per heavy atom. The van der Waals surface area contributed by atoms with Crippen LogP contribution in [0.3, 0.4) is 0 Å². The molecule has 29 heavy (non-hydrogen) atoms. The SMILES string of the molecule is CCCc1nc2c(C)cc(C)nc2n1Cc1ccc(-n2c(C)ccc2C#N)cc1. The first-order valence-corrected chi connectivity index (χ1v) is 10.0. The molecule has 0 atom stereocenters. The van der Waals surface area contributed by atoms with Gasteiger partial charge in [-0.05, 0) is 68.7 Å². The Morgan fingerprint density at radius 2 is 1.76 bits per heavy atom. The number of pyridine rings is 1. The fourth-order valence-electron chi connectivity index (χ4n) is 3.93. The average Bonchev–Trinajstić information content (AvgIpc) is 3.24. The molecule has 0 amide bonds. The van der Waals surface area contributed by atoms with E-state index in [0.29, 0.717) is 5.69 Å². The quantitative estimate of drug-likeness (QED) is 0.486. The Bertz CT molecular complexity index is 1220. The molecule has 3 heterocycles. The first-order chi connectivity index (χ1) is 14.0. The van der Waals surface area contributed by atoms with Gasteiger partial charge >= 0.3 is 0 Å². The standard InChI is InChI=1S/C24H25N5/c1-5-6-22-27-23-16(2)13-17(3)26-24(23)28(22)15-19-8-11-20(12-9-19)29-18(4)7-10-21(29)14-25/h7-13H,5-6,15H2,1-4H3. The van der Waals surface area contributed by atoms with E-state index in [-0.39, 0.29) is 0 Å². The Morgan fingerprint density at radius 1 is 1.00 bits per heavy atom. The van der Waals surface area contributed by atoms with E-state index >= 15 is 0 Å². The van der Waals surface area contributed by atoms with Crippen molar-refractivity contribution in [1.29, 1.82) is 5.26 Å². The molecule has 1 aromatic carbocycles. The van der Waals surface area contributed by atoms with Crippen molar-refractivity contribution in [3.63, 3.8) is 0 Å². The second-order valence-electron chi connectivity index (χ2n) is 7.59. The number of fused-ring (bicyclic) bond motifs is 1. The Kier molecular flexibility index (Phi) is 4.94. The molecule has 0 aliphatic rings. The van der Waals surface area contributed by atoms with Crippen LogP contribution in [-0.4, -0.2) is 19.1 Å². The van der Waals surface area contributed by atoms with Gasteiger partial charge in [0.05, 0.1) is 6.54 Å². The molecule has 3 aromatic heterocycles. The van der Waals surface area contributed by atoms with Crippen molar-refractivity contribution in [1.82, 2.24) is 19.1 Å². The lowest BCUT2D eigenvalue weighted by atomic mass is 10.2. The van der Waals surface area contributed by atoms with Crippen molar-refractivity contribution in [3.8, 4) is 11.8 Å². The molecule has 5 nitrogen and oxygen atoms in total. The minimum Gasteiger partial charge on any atom is -0.308 e. The number of nitriles is 1. The van der Waals surface area contributed by atoms with E-state index < -0.39 is 0 Å². The molecule has 146 valence electrons. The summed E-state index contributed by atoms with van der Waals surface area (Å²) in [7, 11) is 0. The van der Waals surface area contributed by atoms with Gasteiger partial charge in [-0.1, -0.05) is 19.1 Å². The molecule has 0 unspecified atom stereocenters. The van der Waals surface area contributed by atoms with Gasteiger partial charge in [0.15, 0.2) is 5.65 Å². The average molecular weight is 383 g/mol. The lowest BCUT2D eigenvalue weighted by Crippen LogP contribution is -2.07. The molecule has 0 saturated carbocycles. The van der Waals surface area contributed by atoms with Crippen LogP contribution in [0.25, 0.3) is 16.9 Å². The van der Waals surface area contributed by atoms with Crippen LogP contribution in [0, 0.1) is 32.1 Å². The van der Waals surface area contributed by atoms with Crippen LogP contribution in [0.4, 0.5) is 0 Å². The van der Waals surface area contributed by atoms with E-state index in [2.05, 4.69) is 54.8 Å². The molecule has 0 bridgehead atoms. The molecule has 0 fully saturated rings. The van der Waals surface area contributed by atoms with Crippen LogP contribution in [0.5, 0.6) is 0 Å². The normalized spacial score (nSPS) is 11.1. The van der Waals surface area contributed by atoms with E-state index in [1.54, 1.807) is 0 Å². The summed E-state index contributed by atoms with van der Waals surface area (Å²) in [5, 5.41) is 9.36. The second kappa shape index (κ2) is 7.56. The van der Waals surface area contributed by atoms with Gasteiger partial charge in [-0.3, -0.25) is 0 Å². The number of hydrogen-bond donors (Lipinski definition) is 0. The number of rotatable bonds is 5. The van der Waals surface area contributed by atoms with E-state index in [1.165, 1.54) is 11.1 Å². The Labute approximate surface area is 171 Å². The summed E-state index contributed by atoms with van der Waals surface area (Å²) in [6, 6.07) is 16.6. The van der Waals surface area contributed by atoms with Crippen molar-refractivity contribution >= 4 is 11.2 Å². The molecule has 0 N–H and O–H groups in total. The number of imidazole rings is 1. The number of benzene rings is 1. The number of aryl methyl sites for hydroxylation is 4. The molecule has 0 aliphatic heterocycles. The zero-order valence-corrected chi connectivity index (χ0v) is 17.4. The summed E-state index contributed by atoms with van der Waals surface area (Å²) in [5.74, 6) is 1.08. The zero-order valence-electron chi connectivity index (χ0n) is 17.4. The van der Waals surface area contributed by atoms with Crippen molar-refractivity contribution in [3.05, 3.63) is 76.5 Å². The minimum absolute atomic E-state index is 0.649. The largest absolute Gasteiger partial charge is 0.308 e. The van der Waals surface area contributed by atoms with Gasteiger partial charge in [-0.15, -0.1) is 0 Å². The molecule has 0 aliphatic carbocycles. The van der Waals surface area contributed by atoms with Crippen LogP contribution >= 0.6 is 0 Å². The fraction of sp³-hybridized carbons (Fsp3) is 0.292.